The zero-order chi connectivity index (χ0) is 11.4. The fraction of sp³-hybridized carbons (Fsp3) is 0.167. The number of rotatable bonds is 3. The summed E-state index contributed by atoms with van der Waals surface area (Å²) in [5, 5.41) is 3.88. The third kappa shape index (κ3) is 2.70. The molecule has 0 aliphatic carbocycles. The quantitative estimate of drug-likeness (QED) is 0.850. The molecular formula is C12H13N3O. The molecule has 0 aliphatic rings. The van der Waals surface area contributed by atoms with E-state index in [0.717, 1.165) is 5.56 Å². The van der Waals surface area contributed by atoms with Crippen molar-refractivity contribution in [1.82, 2.24) is 10.1 Å². The van der Waals surface area contributed by atoms with Crippen molar-refractivity contribution in [2.75, 3.05) is 0 Å². The van der Waals surface area contributed by atoms with Gasteiger partial charge in [0.15, 0.2) is 5.82 Å². The normalized spacial score (nSPS) is 11.7. The first-order chi connectivity index (χ1) is 7.74. The van der Waals surface area contributed by atoms with Crippen LogP contribution in [0, 0.1) is 0 Å². The Labute approximate surface area is 93.8 Å². The Hall–Kier alpha value is -2.10. The van der Waals surface area contributed by atoms with Crippen LogP contribution in [0.4, 0.5) is 0 Å². The van der Waals surface area contributed by atoms with E-state index in [1.807, 2.05) is 30.3 Å². The van der Waals surface area contributed by atoms with Gasteiger partial charge in [-0.15, -0.1) is 0 Å². The molecule has 0 bridgehead atoms. The zero-order valence-electron chi connectivity index (χ0n) is 9.05. The predicted molar refractivity (Wildman–Crippen MR) is 61.4 cm³/mol. The van der Waals surface area contributed by atoms with Crippen LogP contribution >= 0.6 is 0 Å². The standard InChI is InChI=1S/C12H13N3O/c1-9(13)7-12-14-11(15-16-12)8-10-5-3-2-4-6-10/h2-7H,8,13H2,1H3. The molecule has 0 aliphatic heterocycles. The second-order valence-corrected chi connectivity index (χ2v) is 3.60. The molecule has 0 fully saturated rings. The van der Waals surface area contributed by atoms with E-state index in [1.165, 1.54) is 0 Å². The van der Waals surface area contributed by atoms with E-state index in [-0.39, 0.29) is 0 Å². The molecule has 16 heavy (non-hydrogen) atoms. The predicted octanol–water partition coefficient (Wildman–Crippen LogP) is 1.98. The van der Waals surface area contributed by atoms with Crippen LogP contribution in [-0.4, -0.2) is 10.1 Å². The summed E-state index contributed by atoms with van der Waals surface area (Å²) in [6, 6.07) is 10.0. The van der Waals surface area contributed by atoms with Crippen molar-refractivity contribution in [2.45, 2.75) is 13.3 Å². The van der Waals surface area contributed by atoms with Crippen molar-refractivity contribution in [3.63, 3.8) is 0 Å². The highest BCUT2D eigenvalue weighted by Crippen LogP contribution is 2.07. The van der Waals surface area contributed by atoms with Gasteiger partial charge in [0.1, 0.15) is 0 Å². The second kappa shape index (κ2) is 4.61. The molecule has 0 amide bonds. The summed E-state index contributed by atoms with van der Waals surface area (Å²) in [4.78, 5) is 4.21. The molecule has 2 aromatic rings. The minimum atomic E-state index is 0.450. The number of hydrogen-bond acceptors (Lipinski definition) is 4. The Morgan fingerprint density at radius 2 is 2.12 bits per heavy atom. The van der Waals surface area contributed by atoms with Crippen LogP contribution in [-0.2, 0) is 6.42 Å². The third-order valence-electron chi connectivity index (χ3n) is 2.04. The van der Waals surface area contributed by atoms with Gasteiger partial charge < -0.3 is 10.3 Å². The summed E-state index contributed by atoms with van der Waals surface area (Å²) < 4.78 is 5.03. The summed E-state index contributed by atoms with van der Waals surface area (Å²) >= 11 is 0. The average molecular weight is 215 g/mol. The number of benzene rings is 1. The van der Waals surface area contributed by atoms with E-state index in [2.05, 4.69) is 10.1 Å². The first-order valence-electron chi connectivity index (χ1n) is 5.04. The first kappa shape index (κ1) is 10.4. The van der Waals surface area contributed by atoms with Crippen molar-refractivity contribution in [3.05, 3.63) is 53.3 Å². The summed E-state index contributed by atoms with van der Waals surface area (Å²) in [6.45, 7) is 1.78. The lowest BCUT2D eigenvalue weighted by Gasteiger charge is -1.93. The molecule has 0 radical (unpaired) electrons. The third-order valence-corrected chi connectivity index (χ3v) is 2.04. The van der Waals surface area contributed by atoms with Crippen LogP contribution in [0.2, 0.25) is 0 Å². The smallest absolute Gasteiger partial charge is 0.252 e. The molecule has 1 heterocycles. The lowest BCUT2D eigenvalue weighted by Crippen LogP contribution is -1.91. The second-order valence-electron chi connectivity index (χ2n) is 3.60. The first-order valence-corrected chi connectivity index (χ1v) is 5.04. The summed E-state index contributed by atoms with van der Waals surface area (Å²) in [6.07, 6.45) is 2.32. The molecule has 0 unspecified atom stereocenters. The van der Waals surface area contributed by atoms with Crippen LogP contribution in [0.25, 0.3) is 6.08 Å². The zero-order valence-corrected chi connectivity index (χ0v) is 9.05. The Bertz CT molecular complexity index is 484. The molecule has 82 valence electrons. The highest BCUT2D eigenvalue weighted by Gasteiger charge is 2.04. The molecule has 0 saturated carbocycles. The Balaban J connectivity index is 2.12. The van der Waals surface area contributed by atoms with Crippen LogP contribution in [0.1, 0.15) is 24.2 Å². The minimum Gasteiger partial charge on any atom is -0.402 e. The van der Waals surface area contributed by atoms with Crippen LogP contribution < -0.4 is 5.73 Å². The van der Waals surface area contributed by atoms with E-state index in [0.29, 0.717) is 23.8 Å². The average Bonchev–Trinajstić information content (AvgIpc) is 2.66. The van der Waals surface area contributed by atoms with Crippen molar-refractivity contribution in [3.8, 4) is 0 Å². The Kier molecular flexibility index (Phi) is 3.00. The SMILES string of the molecule is CC(N)=Cc1nc(Cc2ccccc2)no1. The molecule has 0 atom stereocenters. The highest BCUT2D eigenvalue weighted by atomic mass is 16.5. The van der Waals surface area contributed by atoms with Gasteiger partial charge in [-0.25, -0.2) is 0 Å². The van der Waals surface area contributed by atoms with Crippen molar-refractivity contribution in [2.24, 2.45) is 5.73 Å². The molecule has 2 rings (SSSR count). The number of hydrogen-bond donors (Lipinski definition) is 1. The Morgan fingerprint density at radius 1 is 1.38 bits per heavy atom. The topological polar surface area (TPSA) is 64.9 Å². The molecular weight excluding hydrogens is 202 g/mol. The number of nitrogens with two attached hydrogens (primary N) is 1. The lowest BCUT2D eigenvalue weighted by molar-refractivity contribution is 0.404. The number of allylic oxidation sites excluding steroid dienone is 1. The van der Waals surface area contributed by atoms with E-state index in [4.69, 9.17) is 10.3 Å². The minimum absolute atomic E-state index is 0.450. The van der Waals surface area contributed by atoms with Crippen molar-refractivity contribution >= 4 is 6.08 Å². The molecule has 1 aromatic heterocycles. The monoisotopic (exact) mass is 215 g/mol. The van der Waals surface area contributed by atoms with Gasteiger partial charge in [-0.1, -0.05) is 35.5 Å². The summed E-state index contributed by atoms with van der Waals surface area (Å²) in [5.41, 5.74) is 7.32. The van der Waals surface area contributed by atoms with E-state index in [9.17, 15) is 0 Å². The van der Waals surface area contributed by atoms with Gasteiger partial charge in [0.05, 0.1) is 0 Å². The number of aromatic nitrogens is 2. The fourth-order valence-corrected chi connectivity index (χ4v) is 1.37. The maximum Gasteiger partial charge on any atom is 0.252 e. The summed E-state index contributed by atoms with van der Waals surface area (Å²) in [7, 11) is 0. The molecule has 2 N–H and O–H groups in total. The van der Waals surface area contributed by atoms with E-state index >= 15 is 0 Å². The maximum atomic E-state index is 5.52. The van der Waals surface area contributed by atoms with Gasteiger partial charge >= 0.3 is 0 Å². The Morgan fingerprint density at radius 3 is 2.81 bits per heavy atom. The molecule has 0 spiro atoms. The van der Waals surface area contributed by atoms with Crippen LogP contribution in [0.3, 0.4) is 0 Å². The van der Waals surface area contributed by atoms with Gasteiger partial charge in [-0.2, -0.15) is 4.98 Å². The van der Waals surface area contributed by atoms with Gasteiger partial charge in [0, 0.05) is 18.2 Å². The highest BCUT2D eigenvalue weighted by molar-refractivity contribution is 5.40. The van der Waals surface area contributed by atoms with Gasteiger partial charge in [-0.05, 0) is 12.5 Å². The maximum absolute atomic E-state index is 5.52. The number of nitrogens with zero attached hydrogens (tertiary/aromatic N) is 2. The van der Waals surface area contributed by atoms with Crippen molar-refractivity contribution < 1.29 is 4.52 Å². The van der Waals surface area contributed by atoms with Crippen LogP contribution in [0.5, 0.6) is 0 Å². The molecule has 4 nitrogen and oxygen atoms in total. The van der Waals surface area contributed by atoms with Gasteiger partial charge in [-0.3, -0.25) is 0 Å². The van der Waals surface area contributed by atoms with Gasteiger partial charge in [0.25, 0.3) is 5.89 Å². The lowest BCUT2D eigenvalue weighted by atomic mass is 10.1. The molecule has 0 saturated heterocycles. The van der Waals surface area contributed by atoms with E-state index in [1.54, 1.807) is 13.0 Å². The van der Waals surface area contributed by atoms with Crippen LogP contribution in [0.15, 0.2) is 40.6 Å². The molecule has 1 aromatic carbocycles. The molecule has 4 heteroatoms. The van der Waals surface area contributed by atoms with Gasteiger partial charge in [0.2, 0.25) is 0 Å². The summed E-state index contributed by atoms with van der Waals surface area (Å²) in [5.74, 6) is 1.12. The largest absolute Gasteiger partial charge is 0.402 e. The van der Waals surface area contributed by atoms with Crippen molar-refractivity contribution in [1.29, 1.82) is 0 Å². The fourth-order valence-electron chi connectivity index (χ4n) is 1.37. The van der Waals surface area contributed by atoms with E-state index < -0.39 is 0 Å².